The number of furan rings is 1. The highest BCUT2D eigenvalue weighted by Gasteiger charge is 2.27. The summed E-state index contributed by atoms with van der Waals surface area (Å²) in [6, 6.07) is 8.39. The summed E-state index contributed by atoms with van der Waals surface area (Å²) in [6.45, 7) is 5.05. The molecule has 32 heavy (non-hydrogen) atoms. The normalized spacial score (nSPS) is 16.8. The molecular formula is C22H30N4O5S. The van der Waals surface area contributed by atoms with Gasteiger partial charge in [0.2, 0.25) is 21.8 Å². The summed E-state index contributed by atoms with van der Waals surface area (Å²) in [6.07, 6.45) is 5.00. The number of carbonyl (C=O) groups excluding carboxylic acids is 2. The zero-order valence-electron chi connectivity index (χ0n) is 18.3. The summed E-state index contributed by atoms with van der Waals surface area (Å²) >= 11 is 0. The van der Waals surface area contributed by atoms with E-state index in [9.17, 15) is 18.0 Å². The van der Waals surface area contributed by atoms with E-state index in [-0.39, 0.29) is 16.8 Å². The fraction of sp³-hybridized carbons (Fsp3) is 0.455. The topological polar surface area (TPSA) is 121 Å². The van der Waals surface area contributed by atoms with E-state index in [0.29, 0.717) is 12.2 Å². The molecule has 10 heteroatoms. The van der Waals surface area contributed by atoms with Crippen molar-refractivity contribution in [2.24, 2.45) is 0 Å². The molecule has 0 aliphatic carbocycles. The van der Waals surface area contributed by atoms with Crippen molar-refractivity contribution in [3.8, 4) is 0 Å². The number of rotatable bonds is 9. The number of amides is 2. The van der Waals surface area contributed by atoms with Gasteiger partial charge >= 0.3 is 0 Å². The van der Waals surface area contributed by atoms with E-state index in [4.69, 9.17) is 4.42 Å². The van der Waals surface area contributed by atoms with Crippen molar-refractivity contribution in [3.05, 3.63) is 48.4 Å². The Balaban J connectivity index is 1.59. The molecule has 1 aromatic heterocycles. The maximum absolute atomic E-state index is 12.7. The molecule has 2 atom stereocenters. The molecule has 1 fully saturated rings. The van der Waals surface area contributed by atoms with Crippen molar-refractivity contribution in [3.63, 3.8) is 0 Å². The van der Waals surface area contributed by atoms with Crippen LogP contribution in [-0.4, -0.2) is 50.8 Å². The maximum Gasteiger partial charge on any atom is 0.241 e. The van der Waals surface area contributed by atoms with Crippen molar-refractivity contribution in [1.29, 1.82) is 0 Å². The van der Waals surface area contributed by atoms with Gasteiger partial charge in [0, 0.05) is 19.2 Å². The number of hydrogen-bond donors (Lipinski definition) is 3. The Morgan fingerprint density at radius 2 is 1.78 bits per heavy atom. The molecule has 3 rings (SSSR count). The van der Waals surface area contributed by atoms with Gasteiger partial charge in [0.05, 0.1) is 23.2 Å². The molecule has 2 aromatic rings. The molecule has 1 aromatic carbocycles. The van der Waals surface area contributed by atoms with Crippen molar-refractivity contribution < 1.29 is 22.4 Å². The van der Waals surface area contributed by atoms with Crippen molar-refractivity contribution in [2.45, 2.75) is 50.1 Å². The predicted molar refractivity (Wildman–Crippen MR) is 120 cm³/mol. The fourth-order valence-corrected chi connectivity index (χ4v) is 4.95. The number of benzene rings is 1. The summed E-state index contributed by atoms with van der Waals surface area (Å²) in [7, 11) is -3.90. The van der Waals surface area contributed by atoms with E-state index in [0.717, 1.165) is 31.7 Å². The van der Waals surface area contributed by atoms with Gasteiger partial charge in [0.1, 0.15) is 5.76 Å². The van der Waals surface area contributed by atoms with Gasteiger partial charge in [-0.05, 0) is 69.3 Å². The fourth-order valence-electron chi connectivity index (χ4n) is 3.75. The number of anilines is 1. The molecule has 0 radical (unpaired) electrons. The number of sulfonamides is 1. The molecule has 3 N–H and O–H groups in total. The second-order valence-electron chi connectivity index (χ2n) is 7.92. The highest BCUT2D eigenvalue weighted by molar-refractivity contribution is 7.89. The molecule has 0 bridgehead atoms. The molecule has 9 nitrogen and oxygen atoms in total. The molecule has 1 aliphatic rings. The van der Waals surface area contributed by atoms with Crippen LogP contribution in [0, 0.1) is 0 Å². The smallest absolute Gasteiger partial charge is 0.241 e. The molecular weight excluding hydrogens is 432 g/mol. The molecule has 0 saturated carbocycles. The lowest BCUT2D eigenvalue weighted by atomic mass is 10.1. The summed E-state index contributed by atoms with van der Waals surface area (Å²) in [4.78, 5) is 26.0. The minimum Gasteiger partial charge on any atom is -0.468 e. The number of likely N-dealkylation sites (tertiary alicyclic amines) is 1. The molecule has 2 amide bonds. The SMILES string of the molecule is CC(=O)Nc1ccc(S(=O)(=O)N[C@@H](C)C(=O)NCC(c2ccco2)N2CCCCC2)cc1. The Hall–Kier alpha value is -2.69. The molecule has 1 aliphatic heterocycles. The Bertz CT molecular complexity index is 999. The van der Waals surface area contributed by atoms with E-state index in [2.05, 4.69) is 20.3 Å². The van der Waals surface area contributed by atoms with Crippen LogP contribution in [0.2, 0.25) is 0 Å². The molecule has 1 unspecified atom stereocenters. The third kappa shape index (κ3) is 6.41. The Morgan fingerprint density at radius 3 is 2.38 bits per heavy atom. The van der Waals surface area contributed by atoms with E-state index in [1.165, 1.54) is 44.5 Å². The summed E-state index contributed by atoms with van der Waals surface area (Å²) in [5.41, 5.74) is 0.490. The third-order valence-electron chi connectivity index (χ3n) is 5.38. The Morgan fingerprint density at radius 1 is 1.09 bits per heavy atom. The first-order valence-corrected chi connectivity index (χ1v) is 12.2. The number of nitrogens with one attached hydrogen (secondary N) is 3. The Kier molecular flexibility index (Phi) is 8.05. The summed E-state index contributed by atoms with van der Waals surface area (Å²) in [5.74, 6) is 0.109. The molecule has 1 saturated heterocycles. The highest BCUT2D eigenvalue weighted by Crippen LogP contribution is 2.24. The van der Waals surface area contributed by atoms with Gasteiger partial charge in [-0.3, -0.25) is 14.5 Å². The van der Waals surface area contributed by atoms with Crippen molar-refractivity contribution in [1.82, 2.24) is 14.9 Å². The molecule has 174 valence electrons. The number of piperidine rings is 1. The van der Waals surface area contributed by atoms with Crippen molar-refractivity contribution in [2.75, 3.05) is 25.0 Å². The number of hydrogen-bond acceptors (Lipinski definition) is 6. The zero-order chi connectivity index (χ0) is 23.1. The molecule has 2 heterocycles. The average molecular weight is 463 g/mol. The second-order valence-corrected chi connectivity index (χ2v) is 9.64. The number of carbonyl (C=O) groups is 2. The number of nitrogens with zero attached hydrogens (tertiary/aromatic N) is 1. The van der Waals surface area contributed by atoms with Crippen LogP contribution in [0.15, 0.2) is 52.0 Å². The first-order valence-electron chi connectivity index (χ1n) is 10.7. The van der Waals surface area contributed by atoms with Crippen LogP contribution in [0.4, 0.5) is 5.69 Å². The Labute approximate surface area is 188 Å². The lowest BCUT2D eigenvalue weighted by Gasteiger charge is -2.33. The quantitative estimate of drug-likeness (QED) is 0.526. The lowest BCUT2D eigenvalue weighted by molar-refractivity contribution is -0.122. The van der Waals surface area contributed by atoms with Crippen LogP contribution in [0.5, 0.6) is 0 Å². The van der Waals surface area contributed by atoms with Gasteiger partial charge in [-0.2, -0.15) is 4.72 Å². The van der Waals surface area contributed by atoms with Crippen LogP contribution in [0.25, 0.3) is 0 Å². The van der Waals surface area contributed by atoms with Gasteiger partial charge in [0.25, 0.3) is 0 Å². The third-order valence-corrected chi connectivity index (χ3v) is 6.94. The van der Waals surface area contributed by atoms with Crippen LogP contribution < -0.4 is 15.4 Å². The van der Waals surface area contributed by atoms with Gasteiger partial charge in [-0.1, -0.05) is 6.42 Å². The van der Waals surface area contributed by atoms with Gasteiger partial charge < -0.3 is 15.1 Å². The van der Waals surface area contributed by atoms with E-state index >= 15 is 0 Å². The predicted octanol–water partition coefficient (Wildman–Crippen LogP) is 2.25. The standard InChI is InChI=1S/C22H30N4O5S/c1-16(25-32(29,30)19-10-8-18(9-11-19)24-17(2)27)22(28)23-15-20(21-7-6-14-31-21)26-12-4-3-5-13-26/h6-11,14,16,20,25H,3-5,12-13,15H2,1-2H3,(H,23,28)(H,24,27)/t16-,20?/m0/s1. The van der Waals surface area contributed by atoms with Crippen LogP contribution in [-0.2, 0) is 19.6 Å². The maximum atomic E-state index is 12.7. The zero-order valence-corrected chi connectivity index (χ0v) is 19.2. The van der Waals surface area contributed by atoms with Crippen molar-refractivity contribution >= 4 is 27.5 Å². The van der Waals surface area contributed by atoms with Gasteiger partial charge in [-0.15, -0.1) is 0 Å². The first-order chi connectivity index (χ1) is 15.3. The first kappa shape index (κ1) is 24.0. The second kappa shape index (κ2) is 10.8. The van der Waals surface area contributed by atoms with E-state index in [1.807, 2.05) is 12.1 Å². The van der Waals surface area contributed by atoms with Crippen LogP contribution in [0.1, 0.15) is 44.9 Å². The monoisotopic (exact) mass is 462 g/mol. The largest absolute Gasteiger partial charge is 0.468 e. The summed E-state index contributed by atoms with van der Waals surface area (Å²) < 4.78 is 33.3. The summed E-state index contributed by atoms with van der Waals surface area (Å²) in [5, 5.41) is 5.44. The van der Waals surface area contributed by atoms with Gasteiger partial charge in [0.15, 0.2) is 0 Å². The minimum absolute atomic E-state index is 0.00744. The van der Waals surface area contributed by atoms with E-state index in [1.54, 1.807) is 6.26 Å². The lowest BCUT2D eigenvalue weighted by Crippen LogP contribution is -2.47. The van der Waals surface area contributed by atoms with E-state index < -0.39 is 22.0 Å². The molecule has 0 spiro atoms. The van der Waals surface area contributed by atoms with Crippen LogP contribution >= 0.6 is 0 Å². The van der Waals surface area contributed by atoms with Gasteiger partial charge in [-0.25, -0.2) is 8.42 Å². The highest BCUT2D eigenvalue weighted by atomic mass is 32.2. The average Bonchev–Trinajstić information content (AvgIpc) is 3.29. The van der Waals surface area contributed by atoms with Crippen LogP contribution in [0.3, 0.4) is 0 Å². The minimum atomic E-state index is -3.90.